The van der Waals surface area contributed by atoms with Gasteiger partial charge in [-0.3, -0.25) is 23.7 Å². The largest absolute Gasteiger partial charge is 0.370 e. The Morgan fingerprint density at radius 3 is 2.03 bits per heavy atom. The average Bonchev–Trinajstić information content (AvgIpc) is 3.13. The zero-order chi connectivity index (χ0) is 43.3. The van der Waals surface area contributed by atoms with E-state index in [-0.39, 0.29) is 31.0 Å². The summed E-state index contributed by atoms with van der Waals surface area (Å²) in [7, 11) is -3.52. The predicted octanol–water partition coefficient (Wildman–Crippen LogP) is 8.27. The number of rotatable bonds is 22. The van der Waals surface area contributed by atoms with E-state index in [9.17, 15) is 23.7 Å². The van der Waals surface area contributed by atoms with Gasteiger partial charge in [-0.25, -0.2) is 0 Å². The number of allylic oxidation sites excluding steroid dienone is 2. The van der Waals surface area contributed by atoms with E-state index in [4.69, 9.17) is 14.8 Å². The van der Waals surface area contributed by atoms with E-state index in [1.54, 1.807) is 6.08 Å². The molecule has 4 amide bonds. The summed E-state index contributed by atoms with van der Waals surface area (Å²) < 4.78 is 25.7. The van der Waals surface area contributed by atoms with Gasteiger partial charge < -0.3 is 30.7 Å². The average molecular weight is 817 g/mol. The lowest BCUT2D eigenvalue weighted by atomic mass is 9.92. The number of primary amides is 1. The maximum atomic E-state index is 13.8. The van der Waals surface area contributed by atoms with Gasteiger partial charge in [-0.05, 0) is 93.7 Å². The molecule has 58 heavy (non-hydrogen) atoms. The van der Waals surface area contributed by atoms with Crippen LogP contribution in [0.3, 0.4) is 0 Å². The molecule has 0 saturated heterocycles. The van der Waals surface area contributed by atoms with Crippen molar-refractivity contribution >= 4 is 42.0 Å². The number of nitrogens with two attached hydrogens (primary N) is 1. The minimum absolute atomic E-state index is 0.00466. The molecular weight excluding hydrogens is 752 g/mol. The number of hydrogen-bond acceptors (Lipinski definition) is 7. The van der Waals surface area contributed by atoms with Crippen LogP contribution >= 0.6 is 7.60 Å². The highest BCUT2D eigenvalue weighted by Crippen LogP contribution is 2.57. The molecule has 0 aliphatic rings. The van der Waals surface area contributed by atoms with Gasteiger partial charge in [0, 0.05) is 18.9 Å². The highest BCUT2D eigenvalue weighted by atomic mass is 31.2. The van der Waals surface area contributed by atoms with Gasteiger partial charge in [-0.1, -0.05) is 99.2 Å². The maximum Gasteiger partial charge on any atom is 0.336 e. The lowest BCUT2D eigenvalue weighted by molar-refractivity contribution is -0.134. The zero-order valence-corrected chi connectivity index (χ0v) is 36.5. The molecule has 3 aromatic carbocycles. The Morgan fingerprint density at radius 2 is 1.47 bits per heavy atom. The molecule has 0 aliphatic heterocycles. The molecule has 0 bridgehead atoms. The van der Waals surface area contributed by atoms with Crippen molar-refractivity contribution in [1.29, 1.82) is 0 Å². The Bertz CT molecular complexity index is 1910. The topological polar surface area (TPSA) is 166 Å². The summed E-state index contributed by atoms with van der Waals surface area (Å²) in [6.45, 7) is 22.8. The van der Waals surface area contributed by atoms with Gasteiger partial charge in [0.1, 0.15) is 12.1 Å². The van der Waals surface area contributed by atoms with Crippen LogP contribution in [0.1, 0.15) is 104 Å². The maximum absolute atomic E-state index is 13.8. The van der Waals surface area contributed by atoms with Gasteiger partial charge in [0.2, 0.25) is 23.6 Å². The molecule has 12 heteroatoms. The number of amides is 4. The van der Waals surface area contributed by atoms with E-state index in [0.717, 1.165) is 27.5 Å². The van der Waals surface area contributed by atoms with Crippen molar-refractivity contribution in [3.05, 3.63) is 109 Å². The van der Waals surface area contributed by atoms with Crippen LogP contribution < -0.4 is 21.7 Å². The van der Waals surface area contributed by atoms with Crippen molar-refractivity contribution in [2.75, 3.05) is 6.54 Å². The molecule has 3 aromatic rings. The predicted molar refractivity (Wildman–Crippen MR) is 233 cm³/mol. The van der Waals surface area contributed by atoms with Crippen LogP contribution in [0.15, 0.2) is 92.0 Å². The van der Waals surface area contributed by atoms with Crippen molar-refractivity contribution in [1.82, 2.24) is 16.0 Å². The van der Waals surface area contributed by atoms with Gasteiger partial charge in [0.25, 0.3) is 0 Å². The minimum atomic E-state index is -3.52. The molecule has 316 valence electrons. The van der Waals surface area contributed by atoms with Crippen molar-refractivity contribution in [2.24, 2.45) is 17.6 Å². The fourth-order valence-corrected chi connectivity index (χ4v) is 9.27. The second kappa shape index (κ2) is 21.4. The fourth-order valence-electron chi connectivity index (χ4n) is 6.78. The van der Waals surface area contributed by atoms with E-state index in [1.807, 2.05) is 104 Å². The van der Waals surface area contributed by atoms with Crippen molar-refractivity contribution in [2.45, 2.75) is 123 Å². The summed E-state index contributed by atoms with van der Waals surface area (Å²) in [4.78, 5) is 53.0. The first-order valence-electron chi connectivity index (χ1n) is 20.1. The van der Waals surface area contributed by atoms with Crippen LogP contribution in [0.5, 0.6) is 0 Å². The van der Waals surface area contributed by atoms with Crippen LogP contribution in [-0.2, 0) is 45.4 Å². The van der Waals surface area contributed by atoms with Gasteiger partial charge in [-0.2, -0.15) is 0 Å². The molecule has 3 rings (SSSR count). The van der Waals surface area contributed by atoms with Crippen LogP contribution in [0, 0.1) is 11.8 Å². The number of fused-ring (bicyclic) bond motifs is 1. The minimum Gasteiger partial charge on any atom is -0.370 e. The third-order valence-electron chi connectivity index (χ3n) is 9.60. The molecule has 0 saturated carbocycles. The molecule has 11 nitrogen and oxygen atoms in total. The van der Waals surface area contributed by atoms with Gasteiger partial charge in [-0.15, -0.1) is 13.2 Å². The first kappa shape index (κ1) is 47.8. The van der Waals surface area contributed by atoms with Gasteiger partial charge >= 0.3 is 7.60 Å². The molecule has 0 radical (unpaired) electrons. The van der Waals surface area contributed by atoms with E-state index in [0.29, 0.717) is 19.3 Å². The fraction of sp³-hybridized carbons (Fsp3) is 0.478. The summed E-state index contributed by atoms with van der Waals surface area (Å²) in [5, 5.41) is 10.7. The Labute approximate surface area is 345 Å². The lowest BCUT2D eigenvalue weighted by Crippen LogP contribution is -2.56. The number of nitrogens with one attached hydrogen (secondary N) is 3. The second-order valence-corrected chi connectivity index (χ2v) is 19.0. The number of carbonyl (C=O) groups excluding carboxylic acids is 4. The van der Waals surface area contributed by atoms with Gasteiger partial charge in [0.05, 0.1) is 23.8 Å². The quantitative estimate of drug-likeness (QED) is 0.0585. The van der Waals surface area contributed by atoms with E-state index < -0.39 is 66.8 Å². The van der Waals surface area contributed by atoms with Crippen LogP contribution in [0.25, 0.3) is 10.8 Å². The molecule has 0 fully saturated rings. The van der Waals surface area contributed by atoms with Crippen molar-refractivity contribution < 1.29 is 32.8 Å². The Kier molecular flexibility index (Phi) is 17.7. The first-order valence-corrected chi connectivity index (χ1v) is 21.8. The van der Waals surface area contributed by atoms with Crippen molar-refractivity contribution in [3.63, 3.8) is 0 Å². The Hall–Kier alpha value is -4.57. The molecular formula is C46H65N4O7P. The Morgan fingerprint density at radius 1 is 0.845 bits per heavy atom. The summed E-state index contributed by atoms with van der Waals surface area (Å²) in [5.74, 6) is -2.99. The number of hydrogen-bond donors (Lipinski definition) is 4. The second-order valence-electron chi connectivity index (χ2n) is 17.1. The smallest absolute Gasteiger partial charge is 0.336 e. The van der Waals surface area contributed by atoms with E-state index >= 15 is 0 Å². The number of benzene rings is 3. The molecule has 1 unspecified atom stereocenters. The molecule has 0 spiro atoms. The molecule has 5 atom stereocenters. The first-order chi connectivity index (χ1) is 27.2. The molecule has 0 aliphatic carbocycles. The third kappa shape index (κ3) is 15.6. The summed E-state index contributed by atoms with van der Waals surface area (Å²) in [6, 6.07) is 19.4. The Balaban J connectivity index is 1.70. The van der Waals surface area contributed by atoms with Crippen molar-refractivity contribution in [3.8, 4) is 0 Å². The standard InChI is InChI=1S/C46H65N4O7P/c1-11-17-33(26-37-20-16-19-36-18-14-15-21-38(36)37)29-48-43(53)39(28-40(47)51)49-44(54)42(31(4)12-2)50-41(52)27-34(13-3)35-24-22-32(23-25-35)30-58(55,56-45(5,6)7)57-46(8,9)10/h11,13-16,18-25,31,33-34,39,42H,1,3,12,17,26-30H2,2,4-10H3,(H2,47,51)(H,48,53)(H,49,54)(H,50,52)/t31?,33-,34-,39-,42-/m0/s1. The van der Waals surface area contributed by atoms with Crippen LogP contribution in [-0.4, -0.2) is 53.5 Å². The summed E-state index contributed by atoms with van der Waals surface area (Å²) in [6.07, 6.45) is 4.99. The van der Waals surface area contributed by atoms with E-state index in [2.05, 4.69) is 53.4 Å². The molecule has 5 N–H and O–H groups in total. The monoisotopic (exact) mass is 816 g/mol. The number of carbonyl (C=O) groups is 4. The normalized spacial score (nSPS) is 14.7. The van der Waals surface area contributed by atoms with Crippen LogP contribution in [0.2, 0.25) is 0 Å². The highest BCUT2D eigenvalue weighted by molar-refractivity contribution is 7.53. The van der Waals surface area contributed by atoms with Gasteiger partial charge in [0.15, 0.2) is 0 Å². The lowest BCUT2D eigenvalue weighted by Gasteiger charge is -2.32. The highest BCUT2D eigenvalue weighted by Gasteiger charge is 2.36. The third-order valence-corrected chi connectivity index (χ3v) is 12.0. The zero-order valence-electron chi connectivity index (χ0n) is 35.6. The summed E-state index contributed by atoms with van der Waals surface area (Å²) >= 11 is 0. The SMILES string of the molecule is C=CC[C@H](CNC(=O)[C@H](CC(N)=O)NC(=O)[C@@H](NC(=O)C[C@H](C=C)c1ccc(CP(=O)(OC(C)(C)C)OC(C)(C)C)cc1)C(C)CC)Cc1cccc2ccccc12. The molecule has 0 aromatic heterocycles. The van der Waals surface area contributed by atoms with E-state index in [1.165, 1.54) is 0 Å². The van der Waals surface area contributed by atoms with Crippen LogP contribution in [0.4, 0.5) is 0 Å². The summed E-state index contributed by atoms with van der Waals surface area (Å²) in [5.41, 5.74) is 6.85. The molecule has 0 heterocycles.